The molecule has 108 valence electrons. The quantitative estimate of drug-likeness (QED) is 0.614. The molecular formula is C10H7F3N2O4S. The summed E-state index contributed by atoms with van der Waals surface area (Å²) >= 11 is 0. The molecule has 2 aromatic rings. The molecule has 0 atom stereocenters. The summed E-state index contributed by atoms with van der Waals surface area (Å²) in [5.41, 5.74) is -6.16. The highest BCUT2D eigenvalue weighted by Crippen LogP contribution is 2.28. The first-order valence-corrected chi connectivity index (χ1v) is 6.51. The van der Waals surface area contributed by atoms with Gasteiger partial charge in [0.2, 0.25) is 0 Å². The van der Waals surface area contributed by atoms with Crippen LogP contribution in [0.3, 0.4) is 0 Å². The molecule has 10 heteroatoms. The lowest BCUT2D eigenvalue weighted by molar-refractivity contribution is -0.0501. The summed E-state index contributed by atoms with van der Waals surface area (Å²) in [6.45, 7) is 0. The fourth-order valence-corrected chi connectivity index (χ4v) is 1.90. The number of nitrogens with zero attached hydrogens (tertiary/aromatic N) is 2. The monoisotopic (exact) mass is 308 g/mol. The number of aromatic nitrogens is 2. The Kier molecular flexibility index (Phi) is 3.20. The fourth-order valence-electron chi connectivity index (χ4n) is 1.48. The SMILES string of the molecule is Cn1nc(OS(=O)(=O)C(F)(F)F)c2ccccc2c1=O. The van der Waals surface area contributed by atoms with E-state index >= 15 is 0 Å². The molecule has 0 aliphatic rings. The van der Waals surface area contributed by atoms with E-state index in [0.717, 1.165) is 0 Å². The van der Waals surface area contributed by atoms with Crippen molar-refractivity contribution in [3.8, 4) is 5.88 Å². The van der Waals surface area contributed by atoms with Crippen LogP contribution in [-0.4, -0.2) is 23.7 Å². The average molecular weight is 308 g/mol. The number of rotatable bonds is 2. The molecule has 0 aliphatic carbocycles. The summed E-state index contributed by atoms with van der Waals surface area (Å²) in [6.07, 6.45) is 0. The van der Waals surface area contributed by atoms with Crippen molar-refractivity contribution < 1.29 is 25.8 Å². The minimum Gasteiger partial charge on any atom is -0.353 e. The Morgan fingerprint density at radius 3 is 2.30 bits per heavy atom. The van der Waals surface area contributed by atoms with Crippen molar-refractivity contribution in [1.82, 2.24) is 9.78 Å². The molecule has 0 unspecified atom stereocenters. The maximum absolute atomic E-state index is 12.3. The fraction of sp³-hybridized carbons (Fsp3) is 0.200. The van der Waals surface area contributed by atoms with Crippen molar-refractivity contribution in [1.29, 1.82) is 0 Å². The zero-order valence-corrected chi connectivity index (χ0v) is 10.7. The third-order valence-electron chi connectivity index (χ3n) is 2.39. The van der Waals surface area contributed by atoms with Gasteiger partial charge in [0.1, 0.15) is 0 Å². The highest BCUT2D eigenvalue weighted by molar-refractivity contribution is 7.88. The normalized spacial score (nSPS) is 12.6. The van der Waals surface area contributed by atoms with Crippen LogP contribution < -0.4 is 9.74 Å². The molecule has 1 aromatic heterocycles. The van der Waals surface area contributed by atoms with Crippen LogP contribution in [0.15, 0.2) is 29.1 Å². The zero-order chi connectivity index (χ0) is 15.1. The molecule has 0 spiro atoms. The van der Waals surface area contributed by atoms with Crippen LogP contribution >= 0.6 is 0 Å². The van der Waals surface area contributed by atoms with E-state index in [2.05, 4.69) is 9.28 Å². The number of aryl methyl sites for hydroxylation is 1. The lowest BCUT2D eigenvalue weighted by atomic mass is 10.2. The summed E-state index contributed by atoms with van der Waals surface area (Å²) in [5.74, 6) is -0.806. The first-order valence-electron chi connectivity index (χ1n) is 5.10. The first-order chi connectivity index (χ1) is 9.13. The van der Waals surface area contributed by atoms with Crippen LogP contribution in [-0.2, 0) is 17.2 Å². The standard InChI is InChI=1S/C10H7F3N2O4S/c1-15-9(16)7-5-3-2-4-6(7)8(14-15)19-20(17,18)10(11,12)13/h2-5H,1H3. The summed E-state index contributed by atoms with van der Waals surface area (Å²) in [7, 11) is -4.68. The smallest absolute Gasteiger partial charge is 0.353 e. The van der Waals surface area contributed by atoms with Crippen LogP contribution in [0.1, 0.15) is 0 Å². The molecule has 6 nitrogen and oxygen atoms in total. The van der Waals surface area contributed by atoms with Crippen LogP contribution in [0.25, 0.3) is 10.8 Å². The van der Waals surface area contributed by atoms with Crippen LogP contribution in [0.4, 0.5) is 13.2 Å². The van der Waals surface area contributed by atoms with Crippen LogP contribution in [0.5, 0.6) is 5.88 Å². The van der Waals surface area contributed by atoms with E-state index < -0.39 is 27.1 Å². The molecule has 0 N–H and O–H groups in total. The molecule has 20 heavy (non-hydrogen) atoms. The molecule has 0 bridgehead atoms. The maximum Gasteiger partial charge on any atom is 0.534 e. The number of fused-ring (bicyclic) bond motifs is 1. The van der Waals surface area contributed by atoms with Gasteiger partial charge in [-0.1, -0.05) is 12.1 Å². The van der Waals surface area contributed by atoms with E-state index in [4.69, 9.17) is 0 Å². The topological polar surface area (TPSA) is 78.3 Å². The van der Waals surface area contributed by atoms with Gasteiger partial charge in [-0.25, -0.2) is 4.68 Å². The Morgan fingerprint density at radius 1 is 1.20 bits per heavy atom. The molecule has 0 amide bonds. The Labute approximate surface area is 110 Å². The molecule has 0 fully saturated rings. The van der Waals surface area contributed by atoms with Crippen molar-refractivity contribution in [2.45, 2.75) is 5.51 Å². The van der Waals surface area contributed by atoms with Gasteiger partial charge >= 0.3 is 15.6 Å². The lowest BCUT2D eigenvalue weighted by Crippen LogP contribution is -2.30. The highest BCUT2D eigenvalue weighted by atomic mass is 32.2. The Bertz CT molecular complexity index is 826. The van der Waals surface area contributed by atoms with Crippen LogP contribution in [0, 0.1) is 0 Å². The summed E-state index contributed by atoms with van der Waals surface area (Å²) in [5, 5.41) is 3.28. The van der Waals surface area contributed by atoms with Crippen molar-refractivity contribution >= 4 is 20.9 Å². The summed E-state index contributed by atoms with van der Waals surface area (Å²) < 4.78 is 63.5. The predicted molar refractivity (Wildman–Crippen MR) is 62.6 cm³/mol. The van der Waals surface area contributed by atoms with Crippen molar-refractivity contribution in [3.63, 3.8) is 0 Å². The maximum atomic E-state index is 12.3. The molecule has 2 rings (SSSR count). The van der Waals surface area contributed by atoms with Gasteiger partial charge in [-0.2, -0.15) is 21.6 Å². The van der Waals surface area contributed by atoms with Crippen molar-refractivity contribution in [2.75, 3.05) is 0 Å². The molecule has 0 radical (unpaired) electrons. The zero-order valence-electron chi connectivity index (χ0n) is 9.88. The molecule has 0 aliphatic heterocycles. The lowest BCUT2D eigenvalue weighted by Gasteiger charge is -2.11. The van der Waals surface area contributed by atoms with Gasteiger partial charge in [-0.15, -0.1) is 5.10 Å². The summed E-state index contributed by atoms with van der Waals surface area (Å²) in [4.78, 5) is 11.7. The number of halogens is 3. The van der Waals surface area contributed by atoms with Crippen molar-refractivity contribution in [3.05, 3.63) is 34.6 Å². The highest BCUT2D eigenvalue weighted by Gasteiger charge is 2.49. The predicted octanol–water partition coefficient (Wildman–Crippen LogP) is 1.16. The molecule has 0 saturated carbocycles. The second kappa shape index (κ2) is 4.47. The van der Waals surface area contributed by atoms with E-state index in [9.17, 15) is 26.4 Å². The van der Waals surface area contributed by atoms with E-state index in [-0.39, 0.29) is 10.8 Å². The van der Waals surface area contributed by atoms with E-state index in [0.29, 0.717) is 4.68 Å². The van der Waals surface area contributed by atoms with Gasteiger partial charge in [0.05, 0.1) is 10.8 Å². The van der Waals surface area contributed by atoms with Crippen molar-refractivity contribution in [2.24, 2.45) is 7.05 Å². The first kappa shape index (κ1) is 14.3. The largest absolute Gasteiger partial charge is 0.534 e. The Hall–Kier alpha value is -2.10. The second-order valence-corrected chi connectivity index (χ2v) is 5.30. The number of hydrogen-bond donors (Lipinski definition) is 0. The minimum absolute atomic E-state index is 0.00243. The molecule has 1 heterocycles. The minimum atomic E-state index is -5.85. The van der Waals surface area contributed by atoms with Crippen LogP contribution in [0.2, 0.25) is 0 Å². The van der Waals surface area contributed by atoms with Gasteiger partial charge in [-0.3, -0.25) is 4.79 Å². The average Bonchev–Trinajstić information content (AvgIpc) is 2.34. The summed E-state index contributed by atoms with van der Waals surface area (Å²) in [6, 6.07) is 5.46. The van der Waals surface area contributed by atoms with E-state index in [1.807, 2.05) is 0 Å². The number of alkyl halides is 3. The molecule has 1 aromatic carbocycles. The number of hydrogen-bond acceptors (Lipinski definition) is 5. The number of benzene rings is 1. The van der Waals surface area contributed by atoms with Gasteiger partial charge < -0.3 is 4.18 Å². The molecular weight excluding hydrogens is 301 g/mol. The van der Waals surface area contributed by atoms with Gasteiger partial charge in [-0.05, 0) is 12.1 Å². The van der Waals surface area contributed by atoms with E-state index in [1.54, 1.807) is 0 Å². The van der Waals surface area contributed by atoms with Gasteiger partial charge in [0, 0.05) is 7.05 Å². The second-order valence-electron chi connectivity index (χ2n) is 3.76. The third kappa shape index (κ3) is 2.33. The third-order valence-corrected chi connectivity index (χ3v) is 3.34. The Balaban J connectivity index is 2.69. The van der Waals surface area contributed by atoms with Gasteiger partial charge in [0.15, 0.2) is 0 Å². The Morgan fingerprint density at radius 2 is 1.75 bits per heavy atom. The molecule has 0 saturated heterocycles. The van der Waals surface area contributed by atoms with Gasteiger partial charge in [0.25, 0.3) is 11.4 Å². The van der Waals surface area contributed by atoms with E-state index in [1.165, 1.54) is 31.3 Å².